The fourth-order valence-corrected chi connectivity index (χ4v) is 6.46. The number of hydrogen-bond acceptors (Lipinski definition) is 9. The Kier molecular flexibility index (Phi) is 8.34. The number of carbonyl (C=O) groups is 2. The van der Waals surface area contributed by atoms with Gasteiger partial charge in [-0.1, -0.05) is 89.8 Å². The van der Waals surface area contributed by atoms with E-state index < -0.39 is 23.5 Å². The molecule has 0 spiro atoms. The molecule has 1 aliphatic rings. The number of amides is 1. The van der Waals surface area contributed by atoms with Crippen molar-refractivity contribution >= 4 is 61.9 Å². The first-order chi connectivity index (χ1) is 19.4. The lowest BCUT2D eigenvalue weighted by molar-refractivity contribution is -0.117. The highest BCUT2D eigenvalue weighted by Crippen LogP contribution is 2.46. The van der Waals surface area contributed by atoms with Crippen LogP contribution < -0.4 is 9.64 Å². The minimum absolute atomic E-state index is 0.120. The van der Waals surface area contributed by atoms with Gasteiger partial charge in [0, 0.05) is 5.75 Å². The van der Waals surface area contributed by atoms with Gasteiger partial charge in [0.2, 0.25) is 5.13 Å². The van der Waals surface area contributed by atoms with E-state index in [-0.39, 0.29) is 22.2 Å². The molecule has 2 N–H and O–H groups in total. The van der Waals surface area contributed by atoms with E-state index >= 15 is 0 Å². The minimum Gasteiger partial charge on any atom is -0.503 e. The molecule has 0 radical (unpaired) electrons. The van der Waals surface area contributed by atoms with Gasteiger partial charge in [-0.2, -0.15) is 0 Å². The van der Waals surface area contributed by atoms with Gasteiger partial charge in [-0.3, -0.25) is 14.5 Å². The molecule has 0 aliphatic carbocycles. The highest BCUT2D eigenvalue weighted by Gasteiger charge is 2.45. The van der Waals surface area contributed by atoms with Crippen LogP contribution in [0.15, 0.2) is 99.0 Å². The third kappa shape index (κ3) is 5.67. The molecule has 3 aromatic carbocycles. The number of benzene rings is 3. The van der Waals surface area contributed by atoms with Crippen molar-refractivity contribution in [2.24, 2.45) is 0 Å². The quantitative estimate of drug-likeness (QED) is 0.122. The van der Waals surface area contributed by atoms with Gasteiger partial charge in [0.05, 0.1) is 23.2 Å². The van der Waals surface area contributed by atoms with Crippen LogP contribution in [0.25, 0.3) is 6.08 Å². The third-order valence-electron chi connectivity index (χ3n) is 6.09. The van der Waals surface area contributed by atoms with Gasteiger partial charge in [-0.25, -0.2) is 0 Å². The molecule has 1 unspecified atom stereocenters. The number of phenols is 1. The van der Waals surface area contributed by atoms with Crippen LogP contribution in [0.1, 0.15) is 22.7 Å². The Morgan fingerprint density at radius 3 is 2.50 bits per heavy atom. The fraction of sp³-hybridized carbons (Fsp3) is 0.103. The van der Waals surface area contributed by atoms with Crippen molar-refractivity contribution in [2.45, 2.75) is 16.1 Å². The van der Waals surface area contributed by atoms with Crippen LogP contribution in [-0.4, -0.2) is 39.2 Å². The molecular weight excluding hydrogens is 614 g/mol. The Hall–Kier alpha value is -3.93. The normalized spacial score (nSPS) is 15.3. The number of phenolic OH excluding ortho intramolecular Hbond substituents is 1. The van der Waals surface area contributed by atoms with Crippen LogP contribution in [0.5, 0.6) is 11.5 Å². The maximum absolute atomic E-state index is 13.5. The predicted molar refractivity (Wildman–Crippen MR) is 159 cm³/mol. The van der Waals surface area contributed by atoms with Gasteiger partial charge in [-0.05, 0) is 50.8 Å². The van der Waals surface area contributed by atoms with Crippen molar-refractivity contribution in [3.05, 3.63) is 111 Å². The molecular formula is C29H22BrN3O5S2. The number of ketones is 1. The lowest BCUT2D eigenvalue weighted by Crippen LogP contribution is -2.31. The number of nitrogens with zero attached hydrogens (tertiary/aromatic N) is 3. The lowest BCUT2D eigenvalue weighted by Gasteiger charge is -2.24. The number of aliphatic hydroxyl groups is 1. The van der Waals surface area contributed by atoms with Gasteiger partial charge >= 0.3 is 0 Å². The summed E-state index contributed by atoms with van der Waals surface area (Å²) in [6.07, 6.45) is 2.93. The number of aromatic hydroxyl groups is 1. The average Bonchev–Trinajstić information content (AvgIpc) is 3.55. The number of ether oxygens (including phenoxy) is 1. The summed E-state index contributed by atoms with van der Waals surface area (Å²) < 4.78 is 6.23. The molecule has 0 fully saturated rings. The number of thioether (sulfide) groups is 1. The molecule has 1 amide bonds. The molecule has 0 saturated carbocycles. The monoisotopic (exact) mass is 635 g/mol. The smallest absolute Gasteiger partial charge is 0.296 e. The lowest BCUT2D eigenvalue weighted by atomic mass is 9.95. The standard InChI is InChI=1S/C29H22BrN3O5S2/c1-38-22-15-19(14-20(30)25(22)35)24-23(21(34)13-12-17-8-4-2-5-9-17)26(36)27(37)33(24)28-31-32-29(40-28)39-16-18-10-6-3-7-11-18/h2-15,24,35-36H,16H2,1H3. The maximum Gasteiger partial charge on any atom is 0.296 e. The predicted octanol–water partition coefficient (Wildman–Crippen LogP) is 6.49. The third-order valence-corrected chi connectivity index (χ3v) is 8.83. The number of halogens is 1. The molecule has 40 heavy (non-hydrogen) atoms. The molecule has 0 bridgehead atoms. The summed E-state index contributed by atoms with van der Waals surface area (Å²) in [5.74, 6) is -1.35. The Bertz CT molecular complexity index is 1620. The van der Waals surface area contributed by atoms with Gasteiger partial charge in [0.15, 0.2) is 27.4 Å². The van der Waals surface area contributed by atoms with E-state index in [2.05, 4.69) is 26.1 Å². The molecule has 11 heteroatoms. The zero-order valence-electron chi connectivity index (χ0n) is 21.0. The van der Waals surface area contributed by atoms with E-state index in [4.69, 9.17) is 4.74 Å². The van der Waals surface area contributed by atoms with Crippen LogP contribution in [0.4, 0.5) is 5.13 Å². The summed E-state index contributed by atoms with van der Waals surface area (Å²) >= 11 is 5.97. The highest BCUT2D eigenvalue weighted by molar-refractivity contribution is 9.10. The molecule has 1 atom stereocenters. The van der Waals surface area contributed by atoms with E-state index in [1.165, 1.54) is 47.3 Å². The van der Waals surface area contributed by atoms with Crippen molar-refractivity contribution in [1.82, 2.24) is 10.2 Å². The van der Waals surface area contributed by atoms with E-state index in [0.717, 1.165) is 11.1 Å². The van der Waals surface area contributed by atoms with Crippen LogP contribution in [0, 0.1) is 0 Å². The van der Waals surface area contributed by atoms with Gasteiger partial charge in [0.1, 0.15) is 0 Å². The Balaban J connectivity index is 1.53. The first kappa shape index (κ1) is 27.6. The number of aromatic nitrogens is 2. The Labute approximate surface area is 246 Å². The fourth-order valence-electron chi connectivity index (χ4n) is 4.18. The number of allylic oxidation sites excluding steroid dienone is 1. The van der Waals surface area contributed by atoms with Crippen molar-refractivity contribution in [1.29, 1.82) is 0 Å². The summed E-state index contributed by atoms with van der Waals surface area (Å²) in [5, 5.41) is 30.1. The molecule has 202 valence electrons. The zero-order chi connectivity index (χ0) is 28.2. The highest BCUT2D eigenvalue weighted by atomic mass is 79.9. The molecule has 4 aromatic rings. The summed E-state index contributed by atoms with van der Waals surface area (Å²) in [5.41, 5.74) is 2.19. The molecule has 8 nitrogen and oxygen atoms in total. The molecule has 2 heterocycles. The molecule has 1 aliphatic heterocycles. The Morgan fingerprint density at radius 2 is 1.80 bits per heavy atom. The maximum atomic E-state index is 13.5. The van der Waals surface area contributed by atoms with Crippen LogP contribution in [0.2, 0.25) is 0 Å². The van der Waals surface area contributed by atoms with Crippen molar-refractivity contribution in [3.63, 3.8) is 0 Å². The second-order valence-electron chi connectivity index (χ2n) is 8.63. The second-order valence-corrected chi connectivity index (χ2v) is 11.7. The molecule has 0 saturated heterocycles. The summed E-state index contributed by atoms with van der Waals surface area (Å²) in [4.78, 5) is 28.2. The SMILES string of the molecule is COc1cc(C2C(C(=O)C=Cc3ccccc3)=C(O)C(=O)N2c2nnc(SCc3ccccc3)s2)cc(Br)c1O. The summed E-state index contributed by atoms with van der Waals surface area (Å²) in [6.45, 7) is 0. The van der Waals surface area contributed by atoms with Gasteiger partial charge < -0.3 is 14.9 Å². The second kappa shape index (κ2) is 12.1. The van der Waals surface area contributed by atoms with E-state index in [9.17, 15) is 19.8 Å². The van der Waals surface area contributed by atoms with Gasteiger partial charge in [-0.15, -0.1) is 10.2 Å². The number of rotatable bonds is 9. The molecule has 1 aromatic heterocycles. The van der Waals surface area contributed by atoms with Crippen molar-refractivity contribution in [2.75, 3.05) is 12.0 Å². The van der Waals surface area contributed by atoms with Crippen LogP contribution in [-0.2, 0) is 15.3 Å². The summed E-state index contributed by atoms with van der Waals surface area (Å²) in [6, 6.07) is 21.1. The number of hydrogen-bond donors (Lipinski definition) is 2. The topological polar surface area (TPSA) is 113 Å². The van der Waals surface area contributed by atoms with Crippen molar-refractivity contribution in [3.8, 4) is 11.5 Å². The average molecular weight is 637 g/mol. The number of anilines is 1. The van der Waals surface area contributed by atoms with Gasteiger partial charge in [0.25, 0.3) is 5.91 Å². The minimum atomic E-state index is -1.05. The number of methoxy groups -OCH3 is 1. The number of carbonyl (C=O) groups excluding carboxylic acids is 2. The molecule has 5 rings (SSSR count). The van der Waals surface area contributed by atoms with E-state index in [1.54, 1.807) is 12.1 Å². The largest absolute Gasteiger partial charge is 0.503 e. The van der Waals surface area contributed by atoms with Crippen molar-refractivity contribution < 1.29 is 24.5 Å². The Morgan fingerprint density at radius 1 is 1.10 bits per heavy atom. The van der Waals surface area contributed by atoms with Crippen LogP contribution in [0.3, 0.4) is 0 Å². The van der Waals surface area contributed by atoms with Crippen LogP contribution >= 0.6 is 39.0 Å². The van der Waals surface area contributed by atoms with E-state index in [0.29, 0.717) is 20.1 Å². The summed E-state index contributed by atoms with van der Waals surface area (Å²) in [7, 11) is 1.39. The zero-order valence-corrected chi connectivity index (χ0v) is 24.2. The first-order valence-electron chi connectivity index (χ1n) is 12.0. The van der Waals surface area contributed by atoms with E-state index in [1.807, 2.05) is 60.7 Å². The first-order valence-corrected chi connectivity index (χ1v) is 14.6. The number of aliphatic hydroxyl groups excluding tert-OH is 1.